The van der Waals surface area contributed by atoms with E-state index in [0.29, 0.717) is 0 Å². The molecule has 0 spiro atoms. The first-order valence-electron chi connectivity index (χ1n) is 3.88. The standard InChI is InChI=1S/C8H14N4/c1-9-6-7-4-5-8(11-10-7)12(2)3/h4-5,9H,6H2,1-3H3. The minimum atomic E-state index is 0.765. The summed E-state index contributed by atoms with van der Waals surface area (Å²) in [7, 11) is 5.78. The average molecular weight is 166 g/mol. The zero-order chi connectivity index (χ0) is 8.97. The van der Waals surface area contributed by atoms with E-state index in [0.717, 1.165) is 18.1 Å². The summed E-state index contributed by atoms with van der Waals surface area (Å²) in [6.45, 7) is 0.765. The molecule has 4 nitrogen and oxygen atoms in total. The Hall–Kier alpha value is -1.16. The van der Waals surface area contributed by atoms with Gasteiger partial charge in [0.2, 0.25) is 0 Å². The summed E-state index contributed by atoms with van der Waals surface area (Å²) >= 11 is 0. The average Bonchev–Trinajstić information content (AvgIpc) is 2.06. The molecule has 0 aliphatic carbocycles. The number of aromatic nitrogens is 2. The lowest BCUT2D eigenvalue weighted by molar-refractivity contribution is 0.765. The maximum atomic E-state index is 4.04. The third-order valence-corrected chi connectivity index (χ3v) is 1.52. The quantitative estimate of drug-likeness (QED) is 0.699. The van der Waals surface area contributed by atoms with E-state index < -0.39 is 0 Å². The Bertz CT molecular complexity index is 229. The minimum Gasteiger partial charge on any atom is -0.361 e. The number of rotatable bonds is 3. The second-order valence-corrected chi connectivity index (χ2v) is 2.81. The van der Waals surface area contributed by atoms with Gasteiger partial charge in [0.15, 0.2) is 5.82 Å². The number of anilines is 1. The number of nitrogens with one attached hydrogen (secondary N) is 1. The minimum absolute atomic E-state index is 0.765. The summed E-state index contributed by atoms with van der Waals surface area (Å²) in [5.74, 6) is 0.884. The normalized spacial score (nSPS) is 9.92. The summed E-state index contributed by atoms with van der Waals surface area (Å²) in [6.07, 6.45) is 0. The highest BCUT2D eigenvalue weighted by Crippen LogP contribution is 2.04. The molecular weight excluding hydrogens is 152 g/mol. The third kappa shape index (κ3) is 2.17. The fourth-order valence-electron chi connectivity index (χ4n) is 0.867. The second-order valence-electron chi connectivity index (χ2n) is 2.81. The smallest absolute Gasteiger partial charge is 0.150 e. The zero-order valence-electron chi connectivity index (χ0n) is 7.70. The molecule has 0 aromatic carbocycles. The molecule has 1 rings (SSSR count). The highest BCUT2D eigenvalue weighted by molar-refractivity contribution is 5.34. The van der Waals surface area contributed by atoms with Crippen LogP contribution in [0.1, 0.15) is 5.69 Å². The van der Waals surface area contributed by atoms with Crippen LogP contribution in [-0.4, -0.2) is 31.3 Å². The summed E-state index contributed by atoms with van der Waals surface area (Å²) in [5.41, 5.74) is 0.961. The second kappa shape index (κ2) is 4.01. The molecule has 0 saturated heterocycles. The number of hydrogen-bond donors (Lipinski definition) is 1. The Morgan fingerprint density at radius 1 is 1.33 bits per heavy atom. The van der Waals surface area contributed by atoms with E-state index in [1.54, 1.807) is 0 Å². The maximum Gasteiger partial charge on any atom is 0.150 e. The van der Waals surface area contributed by atoms with E-state index >= 15 is 0 Å². The molecule has 0 atom stereocenters. The van der Waals surface area contributed by atoms with Crippen LogP contribution in [0.15, 0.2) is 12.1 Å². The van der Waals surface area contributed by atoms with Crippen molar-refractivity contribution in [3.8, 4) is 0 Å². The maximum absolute atomic E-state index is 4.04. The van der Waals surface area contributed by atoms with Gasteiger partial charge in [-0.2, -0.15) is 5.10 Å². The molecule has 0 aliphatic heterocycles. The molecule has 12 heavy (non-hydrogen) atoms. The van der Waals surface area contributed by atoms with E-state index in [1.807, 2.05) is 38.2 Å². The van der Waals surface area contributed by atoms with Crippen molar-refractivity contribution in [2.75, 3.05) is 26.0 Å². The van der Waals surface area contributed by atoms with Gasteiger partial charge in [-0.3, -0.25) is 0 Å². The molecule has 0 saturated carbocycles. The van der Waals surface area contributed by atoms with Crippen molar-refractivity contribution in [2.24, 2.45) is 0 Å². The van der Waals surface area contributed by atoms with E-state index in [9.17, 15) is 0 Å². The first-order valence-corrected chi connectivity index (χ1v) is 3.88. The van der Waals surface area contributed by atoms with Gasteiger partial charge in [-0.05, 0) is 19.2 Å². The molecule has 66 valence electrons. The molecule has 1 aromatic rings. The lowest BCUT2D eigenvalue weighted by atomic mass is 10.4. The fraction of sp³-hybridized carbons (Fsp3) is 0.500. The van der Waals surface area contributed by atoms with Crippen molar-refractivity contribution in [2.45, 2.75) is 6.54 Å². The Labute approximate surface area is 72.6 Å². The molecule has 0 bridgehead atoms. The highest BCUT2D eigenvalue weighted by Gasteiger charge is 1.97. The lowest BCUT2D eigenvalue weighted by Crippen LogP contribution is -2.13. The third-order valence-electron chi connectivity index (χ3n) is 1.52. The van der Waals surface area contributed by atoms with E-state index in [4.69, 9.17) is 0 Å². The van der Waals surface area contributed by atoms with Gasteiger partial charge in [0.05, 0.1) is 5.69 Å². The van der Waals surface area contributed by atoms with Gasteiger partial charge in [0.1, 0.15) is 0 Å². The number of hydrogen-bond acceptors (Lipinski definition) is 4. The van der Waals surface area contributed by atoms with Gasteiger partial charge in [0.25, 0.3) is 0 Å². The van der Waals surface area contributed by atoms with Crippen LogP contribution in [-0.2, 0) is 6.54 Å². The van der Waals surface area contributed by atoms with Crippen molar-refractivity contribution >= 4 is 5.82 Å². The van der Waals surface area contributed by atoms with Crippen molar-refractivity contribution < 1.29 is 0 Å². The molecular formula is C8H14N4. The van der Waals surface area contributed by atoms with Gasteiger partial charge < -0.3 is 10.2 Å². The molecule has 0 unspecified atom stereocenters. The van der Waals surface area contributed by atoms with Gasteiger partial charge >= 0.3 is 0 Å². The van der Waals surface area contributed by atoms with Crippen LogP contribution >= 0.6 is 0 Å². The van der Waals surface area contributed by atoms with Crippen LogP contribution in [0.5, 0.6) is 0 Å². The highest BCUT2D eigenvalue weighted by atomic mass is 15.2. The molecule has 0 amide bonds. The first kappa shape index (κ1) is 8.93. The Morgan fingerprint density at radius 3 is 2.50 bits per heavy atom. The van der Waals surface area contributed by atoms with Crippen molar-refractivity contribution in [3.05, 3.63) is 17.8 Å². The predicted octanol–water partition coefficient (Wildman–Crippen LogP) is 0.262. The summed E-state index contributed by atoms with van der Waals surface area (Å²) in [6, 6.07) is 3.93. The Kier molecular flexibility index (Phi) is 2.99. The Balaban J connectivity index is 2.71. The van der Waals surface area contributed by atoms with Crippen LogP contribution in [0.25, 0.3) is 0 Å². The van der Waals surface area contributed by atoms with E-state index in [2.05, 4.69) is 15.5 Å². The molecule has 0 aliphatic rings. The Morgan fingerprint density at radius 2 is 2.08 bits per heavy atom. The fourth-order valence-corrected chi connectivity index (χ4v) is 0.867. The first-order chi connectivity index (χ1) is 5.74. The molecule has 4 heteroatoms. The SMILES string of the molecule is CNCc1ccc(N(C)C)nn1. The largest absolute Gasteiger partial charge is 0.361 e. The van der Waals surface area contributed by atoms with Crippen LogP contribution in [0, 0.1) is 0 Å². The monoisotopic (exact) mass is 166 g/mol. The molecule has 0 radical (unpaired) electrons. The van der Waals surface area contributed by atoms with Gasteiger partial charge in [-0.15, -0.1) is 5.10 Å². The lowest BCUT2D eigenvalue weighted by Gasteiger charge is -2.09. The predicted molar refractivity (Wildman–Crippen MR) is 49.1 cm³/mol. The van der Waals surface area contributed by atoms with Gasteiger partial charge in [0, 0.05) is 20.6 Å². The molecule has 1 aromatic heterocycles. The van der Waals surface area contributed by atoms with Crippen LogP contribution in [0.2, 0.25) is 0 Å². The molecule has 1 N–H and O–H groups in total. The zero-order valence-corrected chi connectivity index (χ0v) is 7.70. The van der Waals surface area contributed by atoms with Gasteiger partial charge in [-0.1, -0.05) is 0 Å². The van der Waals surface area contributed by atoms with Crippen LogP contribution < -0.4 is 10.2 Å². The molecule has 1 heterocycles. The van der Waals surface area contributed by atoms with Crippen LogP contribution in [0.3, 0.4) is 0 Å². The van der Waals surface area contributed by atoms with Crippen molar-refractivity contribution in [1.29, 1.82) is 0 Å². The van der Waals surface area contributed by atoms with Crippen molar-refractivity contribution in [1.82, 2.24) is 15.5 Å². The topological polar surface area (TPSA) is 41.0 Å². The van der Waals surface area contributed by atoms with E-state index in [-0.39, 0.29) is 0 Å². The summed E-state index contributed by atoms with van der Waals surface area (Å²) in [5, 5.41) is 11.1. The van der Waals surface area contributed by atoms with Crippen molar-refractivity contribution in [3.63, 3.8) is 0 Å². The summed E-state index contributed by atoms with van der Waals surface area (Å²) in [4.78, 5) is 1.93. The molecule has 0 fully saturated rings. The summed E-state index contributed by atoms with van der Waals surface area (Å²) < 4.78 is 0. The van der Waals surface area contributed by atoms with Crippen LogP contribution in [0.4, 0.5) is 5.82 Å². The van der Waals surface area contributed by atoms with Gasteiger partial charge in [-0.25, -0.2) is 0 Å². The van der Waals surface area contributed by atoms with E-state index in [1.165, 1.54) is 0 Å². The number of nitrogens with zero attached hydrogens (tertiary/aromatic N) is 3.